The molecule has 2 rings (SSSR count). The molecule has 0 saturated heterocycles. The molecule has 0 bridgehead atoms. The van der Waals surface area contributed by atoms with Crippen molar-refractivity contribution in [1.82, 2.24) is 5.01 Å². The summed E-state index contributed by atoms with van der Waals surface area (Å²) in [6.07, 6.45) is 1.95. The van der Waals surface area contributed by atoms with Crippen LogP contribution in [0.25, 0.3) is 0 Å². The molecule has 1 aromatic rings. The van der Waals surface area contributed by atoms with Crippen molar-refractivity contribution in [3.63, 3.8) is 0 Å². The number of hydrazone groups is 1. The third-order valence-corrected chi connectivity index (χ3v) is 3.11. The van der Waals surface area contributed by atoms with Gasteiger partial charge in [0.1, 0.15) is 0 Å². The van der Waals surface area contributed by atoms with E-state index in [4.69, 9.17) is 17.3 Å². The molecule has 1 amide bonds. The number of halogens is 1. The van der Waals surface area contributed by atoms with Crippen molar-refractivity contribution in [3.05, 3.63) is 34.9 Å². The maximum Gasteiger partial charge on any atom is 0.243 e. The molecule has 0 aliphatic carbocycles. The SMILES string of the molecule is NCCCN1N=C(c2ccc(Cl)cc2)CCC1=O. The molecule has 2 N–H and O–H groups in total. The molecule has 1 aliphatic heterocycles. The fraction of sp³-hybridized carbons (Fsp3) is 0.385. The van der Waals surface area contributed by atoms with Crippen molar-refractivity contribution in [2.24, 2.45) is 10.8 Å². The second-order valence-electron chi connectivity index (χ2n) is 4.21. The van der Waals surface area contributed by atoms with Gasteiger partial charge in [0.15, 0.2) is 0 Å². The lowest BCUT2D eigenvalue weighted by atomic mass is 10.0. The highest BCUT2D eigenvalue weighted by atomic mass is 35.5. The molecule has 1 aromatic carbocycles. The first-order valence-electron chi connectivity index (χ1n) is 6.04. The predicted octanol–water partition coefficient (Wildman–Crippen LogP) is 2.02. The van der Waals surface area contributed by atoms with Crippen LogP contribution in [0.3, 0.4) is 0 Å². The molecule has 18 heavy (non-hydrogen) atoms. The number of carbonyl (C=O) groups is 1. The summed E-state index contributed by atoms with van der Waals surface area (Å²) in [5, 5.41) is 6.63. The minimum atomic E-state index is 0.0705. The molecule has 1 heterocycles. The molecule has 0 fully saturated rings. The van der Waals surface area contributed by atoms with Gasteiger partial charge in [0.05, 0.1) is 5.71 Å². The van der Waals surface area contributed by atoms with Gasteiger partial charge < -0.3 is 5.73 Å². The van der Waals surface area contributed by atoms with Gasteiger partial charge in [0, 0.05) is 24.4 Å². The Kier molecular flexibility index (Phi) is 4.33. The maximum atomic E-state index is 11.7. The van der Waals surface area contributed by atoms with Crippen LogP contribution in [0.1, 0.15) is 24.8 Å². The predicted molar refractivity (Wildman–Crippen MR) is 72.6 cm³/mol. The van der Waals surface area contributed by atoms with Crippen LogP contribution >= 0.6 is 11.6 Å². The van der Waals surface area contributed by atoms with Crippen LogP contribution in [0.4, 0.5) is 0 Å². The highest BCUT2D eigenvalue weighted by Gasteiger charge is 2.20. The van der Waals surface area contributed by atoms with Crippen molar-refractivity contribution < 1.29 is 4.79 Å². The Labute approximate surface area is 111 Å². The highest BCUT2D eigenvalue weighted by Crippen LogP contribution is 2.17. The molecule has 0 atom stereocenters. The van der Waals surface area contributed by atoms with Crippen LogP contribution in [0.2, 0.25) is 5.02 Å². The normalized spacial score (nSPS) is 15.8. The Bertz CT molecular complexity index is 456. The van der Waals surface area contributed by atoms with Crippen molar-refractivity contribution in [3.8, 4) is 0 Å². The van der Waals surface area contributed by atoms with Crippen LogP contribution in [-0.2, 0) is 4.79 Å². The molecule has 0 unspecified atom stereocenters. The smallest absolute Gasteiger partial charge is 0.243 e. The van der Waals surface area contributed by atoms with Crippen LogP contribution in [0, 0.1) is 0 Å². The van der Waals surface area contributed by atoms with Crippen LogP contribution in [-0.4, -0.2) is 29.7 Å². The van der Waals surface area contributed by atoms with E-state index in [1.165, 1.54) is 5.01 Å². The van der Waals surface area contributed by atoms with E-state index in [2.05, 4.69) is 5.10 Å². The summed E-state index contributed by atoms with van der Waals surface area (Å²) in [6, 6.07) is 7.52. The number of rotatable bonds is 4. The lowest BCUT2D eigenvalue weighted by molar-refractivity contribution is -0.131. The largest absolute Gasteiger partial charge is 0.330 e. The Hall–Kier alpha value is -1.39. The van der Waals surface area contributed by atoms with E-state index in [0.29, 0.717) is 31.0 Å². The van der Waals surface area contributed by atoms with Gasteiger partial charge in [-0.15, -0.1) is 0 Å². The summed E-state index contributed by atoms with van der Waals surface area (Å²) < 4.78 is 0. The Morgan fingerprint density at radius 2 is 2.00 bits per heavy atom. The summed E-state index contributed by atoms with van der Waals surface area (Å²) in [5.74, 6) is 0.0705. The second kappa shape index (κ2) is 5.98. The van der Waals surface area contributed by atoms with Gasteiger partial charge in [0.25, 0.3) is 0 Å². The molecule has 4 nitrogen and oxygen atoms in total. The summed E-state index contributed by atoms with van der Waals surface area (Å²) in [6.45, 7) is 1.15. The minimum absolute atomic E-state index is 0.0705. The minimum Gasteiger partial charge on any atom is -0.330 e. The van der Waals surface area contributed by atoms with E-state index in [-0.39, 0.29) is 5.91 Å². The van der Waals surface area contributed by atoms with Gasteiger partial charge in [-0.05, 0) is 30.7 Å². The first-order valence-corrected chi connectivity index (χ1v) is 6.42. The number of hydrogen-bond donors (Lipinski definition) is 1. The van der Waals surface area contributed by atoms with Crippen LogP contribution in [0.5, 0.6) is 0 Å². The zero-order valence-corrected chi connectivity index (χ0v) is 10.9. The Balaban J connectivity index is 2.17. The lowest BCUT2D eigenvalue weighted by Crippen LogP contribution is -2.33. The Morgan fingerprint density at radius 3 is 2.67 bits per heavy atom. The molecular formula is C13H16ClN3O. The van der Waals surface area contributed by atoms with Crippen molar-refractivity contribution in [2.75, 3.05) is 13.1 Å². The lowest BCUT2D eigenvalue weighted by Gasteiger charge is -2.23. The molecule has 1 aliphatic rings. The summed E-state index contributed by atoms with van der Waals surface area (Å²) in [7, 11) is 0. The monoisotopic (exact) mass is 265 g/mol. The van der Waals surface area contributed by atoms with Crippen molar-refractivity contribution in [2.45, 2.75) is 19.3 Å². The molecule has 0 aromatic heterocycles. The van der Waals surface area contributed by atoms with E-state index < -0.39 is 0 Å². The molecule has 0 saturated carbocycles. The summed E-state index contributed by atoms with van der Waals surface area (Å²) >= 11 is 5.85. The second-order valence-corrected chi connectivity index (χ2v) is 4.65. The van der Waals surface area contributed by atoms with Gasteiger partial charge in [-0.2, -0.15) is 5.10 Å². The number of nitrogens with two attached hydrogens (primary N) is 1. The quantitative estimate of drug-likeness (QED) is 0.905. The van der Waals surface area contributed by atoms with Gasteiger partial charge in [-0.3, -0.25) is 4.79 Å². The van der Waals surface area contributed by atoms with E-state index in [0.717, 1.165) is 17.7 Å². The van der Waals surface area contributed by atoms with E-state index in [9.17, 15) is 4.79 Å². The van der Waals surface area contributed by atoms with Gasteiger partial charge in [0.2, 0.25) is 5.91 Å². The zero-order valence-electron chi connectivity index (χ0n) is 10.1. The van der Waals surface area contributed by atoms with Crippen molar-refractivity contribution in [1.29, 1.82) is 0 Å². The Morgan fingerprint density at radius 1 is 1.28 bits per heavy atom. The zero-order chi connectivity index (χ0) is 13.0. The molecule has 0 radical (unpaired) electrons. The number of nitrogens with zero attached hydrogens (tertiary/aromatic N) is 2. The fourth-order valence-electron chi connectivity index (χ4n) is 1.87. The van der Waals surface area contributed by atoms with E-state index >= 15 is 0 Å². The number of amides is 1. The van der Waals surface area contributed by atoms with Gasteiger partial charge in [-0.25, -0.2) is 5.01 Å². The summed E-state index contributed by atoms with van der Waals surface area (Å²) in [4.78, 5) is 11.7. The summed E-state index contributed by atoms with van der Waals surface area (Å²) in [5.41, 5.74) is 7.40. The topological polar surface area (TPSA) is 58.7 Å². The molecule has 0 spiro atoms. The van der Waals surface area contributed by atoms with Crippen LogP contribution in [0.15, 0.2) is 29.4 Å². The average molecular weight is 266 g/mol. The van der Waals surface area contributed by atoms with Crippen molar-refractivity contribution >= 4 is 23.2 Å². The molecular weight excluding hydrogens is 250 g/mol. The fourth-order valence-corrected chi connectivity index (χ4v) is 1.99. The van der Waals surface area contributed by atoms with Gasteiger partial charge >= 0.3 is 0 Å². The highest BCUT2D eigenvalue weighted by molar-refractivity contribution is 6.30. The van der Waals surface area contributed by atoms with E-state index in [1.807, 2.05) is 24.3 Å². The number of carbonyl (C=O) groups excluding carboxylic acids is 1. The first kappa shape index (κ1) is 13.1. The molecule has 96 valence electrons. The van der Waals surface area contributed by atoms with Gasteiger partial charge in [-0.1, -0.05) is 23.7 Å². The third-order valence-electron chi connectivity index (χ3n) is 2.86. The number of benzene rings is 1. The maximum absolute atomic E-state index is 11.7. The average Bonchev–Trinajstić information content (AvgIpc) is 2.39. The first-order chi connectivity index (χ1) is 8.70. The molecule has 5 heteroatoms. The third kappa shape index (κ3) is 3.09. The van der Waals surface area contributed by atoms with Crippen LogP contribution < -0.4 is 5.73 Å². The standard InChI is InChI=1S/C13H16ClN3O/c14-11-4-2-10(3-5-11)12-6-7-13(18)17(16-12)9-1-8-15/h2-5H,1,6-9,15H2. The number of hydrogen-bond acceptors (Lipinski definition) is 3. The van der Waals surface area contributed by atoms with E-state index in [1.54, 1.807) is 0 Å².